The Morgan fingerprint density at radius 3 is 2.03 bits per heavy atom. The quantitative estimate of drug-likeness (QED) is 0.0997. The lowest BCUT2D eigenvalue weighted by Gasteiger charge is -2.07. The van der Waals surface area contributed by atoms with Crippen LogP contribution in [0.5, 0.6) is 0 Å². The number of likely N-dealkylation sites (N-methyl/N-ethyl adjacent to an activating group) is 1. The molecule has 1 heterocycles. The monoisotopic (exact) mass is 602 g/mol. The summed E-state index contributed by atoms with van der Waals surface area (Å²) in [7, 11) is 0. The molecular formula is C28H22Cl4N4O3. The molecular weight excluding hydrogens is 582 g/mol. The molecule has 4 aromatic rings. The maximum atomic E-state index is 12.9. The number of aromatic nitrogens is 1. The molecule has 11 heteroatoms. The number of amides is 1. The standard InChI is InChI=1S/C18H7Cl4NO2.C10H15N3O/c19-13-11-12(14(20)16(22)15(13)21)18(25)10(17(11)24)9-6-5-7-3-1-2-4-8(7)23-9;1-2-12-10(14)7-13-9-5-3-8(11)4-6-9/h1-6,10H;3-6,13H,2,7,11H2,1H3,(H,12,14). The highest BCUT2D eigenvalue weighted by Crippen LogP contribution is 2.47. The van der Waals surface area contributed by atoms with Gasteiger partial charge in [0.1, 0.15) is 5.92 Å². The number of benzene rings is 3. The van der Waals surface area contributed by atoms with E-state index in [0.717, 1.165) is 11.1 Å². The SMILES string of the molecule is CCNC(=O)CNc1ccc(N)cc1.O=C1c2c(Cl)c(Cl)c(Cl)c(Cl)c2C(=O)C1c1ccc2ccccc2n1. The number of hydrogen-bond donors (Lipinski definition) is 3. The number of nitrogens with two attached hydrogens (primary N) is 1. The number of nitrogens with one attached hydrogen (secondary N) is 2. The van der Waals surface area contributed by atoms with E-state index in [4.69, 9.17) is 52.1 Å². The summed E-state index contributed by atoms with van der Waals surface area (Å²) in [4.78, 5) is 41.3. The van der Waals surface area contributed by atoms with Gasteiger partial charge >= 0.3 is 0 Å². The van der Waals surface area contributed by atoms with Crippen LogP contribution in [-0.2, 0) is 4.79 Å². The first-order valence-corrected chi connectivity index (χ1v) is 13.3. The van der Waals surface area contributed by atoms with Gasteiger partial charge in [0.2, 0.25) is 5.91 Å². The highest BCUT2D eigenvalue weighted by molar-refractivity contribution is 6.55. The number of hydrogen-bond acceptors (Lipinski definition) is 6. The minimum atomic E-state index is -1.11. The maximum absolute atomic E-state index is 12.9. The third-order valence-corrected chi connectivity index (χ3v) is 7.74. The van der Waals surface area contributed by atoms with Crippen LogP contribution in [0.15, 0.2) is 60.7 Å². The molecule has 0 radical (unpaired) electrons. The van der Waals surface area contributed by atoms with Gasteiger partial charge in [-0.1, -0.05) is 70.7 Å². The molecule has 3 aromatic carbocycles. The van der Waals surface area contributed by atoms with Crippen molar-refractivity contribution < 1.29 is 14.4 Å². The lowest BCUT2D eigenvalue weighted by Crippen LogP contribution is -2.29. The molecule has 0 atom stereocenters. The van der Waals surface area contributed by atoms with Crippen LogP contribution < -0.4 is 16.4 Å². The highest BCUT2D eigenvalue weighted by Gasteiger charge is 2.45. The number of anilines is 2. The summed E-state index contributed by atoms with van der Waals surface area (Å²) in [5.74, 6) is -2.07. The van der Waals surface area contributed by atoms with Gasteiger partial charge in [0.25, 0.3) is 0 Å². The van der Waals surface area contributed by atoms with Crippen LogP contribution in [0.2, 0.25) is 20.1 Å². The molecule has 0 unspecified atom stereocenters. The van der Waals surface area contributed by atoms with Crippen LogP contribution in [0.3, 0.4) is 0 Å². The van der Waals surface area contributed by atoms with Crippen molar-refractivity contribution in [3.63, 3.8) is 0 Å². The molecule has 1 aromatic heterocycles. The molecule has 0 bridgehead atoms. The van der Waals surface area contributed by atoms with Crippen LogP contribution in [0.4, 0.5) is 11.4 Å². The topological polar surface area (TPSA) is 114 Å². The van der Waals surface area contributed by atoms with Crippen molar-refractivity contribution in [3.8, 4) is 0 Å². The Morgan fingerprint density at radius 1 is 0.846 bits per heavy atom. The van der Waals surface area contributed by atoms with Gasteiger partial charge in [0, 0.05) is 23.3 Å². The Labute approximate surface area is 244 Å². The lowest BCUT2D eigenvalue weighted by molar-refractivity contribution is -0.119. The van der Waals surface area contributed by atoms with Gasteiger partial charge in [0.05, 0.1) is 49.0 Å². The summed E-state index contributed by atoms with van der Waals surface area (Å²) < 4.78 is 0. The second-order valence-corrected chi connectivity index (χ2v) is 10.0. The Balaban J connectivity index is 0.000000215. The fourth-order valence-corrected chi connectivity index (χ4v) is 5.10. The van der Waals surface area contributed by atoms with Gasteiger partial charge in [-0.05, 0) is 43.3 Å². The first-order chi connectivity index (χ1) is 18.6. The van der Waals surface area contributed by atoms with Crippen LogP contribution in [0.25, 0.3) is 10.9 Å². The first kappa shape index (κ1) is 28.6. The third-order valence-electron chi connectivity index (χ3n) is 5.94. The van der Waals surface area contributed by atoms with E-state index in [-0.39, 0.29) is 43.7 Å². The molecule has 1 amide bonds. The van der Waals surface area contributed by atoms with Gasteiger partial charge in [-0.2, -0.15) is 0 Å². The number of Topliss-reactive ketones (excluding diaryl/α,β-unsaturated/α-hetero) is 2. The summed E-state index contributed by atoms with van der Waals surface area (Å²) in [5.41, 5.74) is 8.17. The van der Waals surface area contributed by atoms with Gasteiger partial charge in [-0.15, -0.1) is 0 Å². The number of carbonyl (C=O) groups is 3. The molecule has 4 N–H and O–H groups in total. The smallest absolute Gasteiger partial charge is 0.239 e. The number of pyridine rings is 1. The predicted octanol–water partition coefficient (Wildman–Crippen LogP) is 6.83. The van der Waals surface area contributed by atoms with Crippen molar-refractivity contribution >= 4 is 86.2 Å². The van der Waals surface area contributed by atoms with E-state index in [1.54, 1.807) is 18.2 Å². The van der Waals surface area contributed by atoms with E-state index in [2.05, 4.69) is 15.6 Å². The molecule has 200 valence electrons. The van der Waals surface area contributed by atoms with Gasteiger partial charge in [0.15, 0.2) is 11.6 Å². The average molecular weight is 604 g/mol. The zero-order valence-corrected chi connectivity index (χ0v) is 23.5. The van der Waals surface area contributed by atoms with Gasteiger partial charge in [-0.3, -0.25) is 19.4 Å². The fourth-order valence-electron chi connectivity index (χ4n) is 4.06. The second-order valence-electron chi connectivity index (χ2n) is 8.53. The summed E-state index contributed by atoms with van der Waals surface area (Å²) in [6.45, 7) is 2.83. The molecule has 0 saturated carbocycles. The van der Waals surface area contributed by atoms with Crippen LogP contribution in [0, 0.1) is 0 Å². The number of ketones is 2. The summed E-state index contributed by atoms with van der Waals surface area (Å²) in [5, 5.41) is 6.39. The molecule has 0 spiro atoms. The Kier molecular flexibility index (Phi) is 8.97. The third kappa shape index (κ3) is 5.97. The molecule has 1 aliphatic carbocycles. The van der Waals surface area contributed by atoms with Crippen molar-refractivity contribution in [2.75, 3.05) is 24.1 Å². The summed E-state index contributed by atoms with van der Waals surface area (Å²) in [6.07, 6.45) is 0. The minimum Gasteiger partial charge on any atom is -0.399 e. The molecule has 1 aliphatic rings. The molecule has 0 aliphatic heterocycles. The van der Waals surface area contributed by atoms with Crippen LogP contribution in [-0.4, -0.2) is 35.5 Å². The molecule has 5 rings (SSSR count). The van der Waals surface area contributed by atoms with E-state index in [1.165, 1.54) is 0 Å². The molecule has 7 nitrogen and oxygen atoms in total. The van der Waals surface area contributed by atoms with Crippen LogP contribution in [0.1, 0.15) is 39.3 Å². The van der Waals surface area contributed by atoms with E-state index in [1.807, 2.05) is 49.4 Å². The lowest BCUT2D eigenvalue weighted by atomic mass is 9.98. The highest BCUT2D eigenvalue weighted by atomic mass is 35.5. The number of carbonyl (C=O) groups excluding carboxylic acids is 3. The van der Waals surface area contributed by atoms with E-state index in [9.17, 15) is 14.4 Å². The number of rotatable bonds is 5. The first-order valence-electron chi connectivity index (χ1n) is 11.8. The van der Waals surface area contributed by atoms with Crippen molar-refractivity contribution in [2.24, 2.45) is 0 Å². The number of para-hydroxylation sites is 1. The number of fused-ring (bicyclic) bond motifs is 2. The predicted molar refractivity (Wildman–Crippen MR) is 158 cm³/mol. The Hall–Kier alpha value is -3.36. The van der Waals surface area contributed by atoms with E-state index in [0.29, 0.717) is 23.4 Å². The number of nitrogen functional groups attached to an aromatic ring is 1. The van der Waals surface area contributed by atoms with E-state index >= 15 is 0 Å². The zero-order chi connectivity index (χ0) is 28.3. The van der Waals surface area contributed by atoms with Crippen molar-refractivity contribution in [1.29, 1.82) is 0 Å². The van der Waals surface area contributed by atoms with E-state index < -0.39 is 17.5 Å². The van der Waals surface area contributed by atoms with Crippen LogP contribution >= 0.6 is 46.4 Å². The Bertz CT molecular complexity index is 1550. The summed E-state index contributed by atoms with van der Waals surface area (Å²) in [6, 6.07) is 18.2. The normalized spacial score (nSPS) is 12.6. The molecule has 0 fully saturated rings. The molecule has 39 heavy (non-hydrogen) atoms. The number of halogens is 4. The molecule has 0 saturated heterocycles. The van der Waals surface area contributed by atoms with Crippen molar-refractivity contribution in [3.05, 3.63) is 97.6 Å². The average Bonchev–Trinajstić information content (AvgIpc) is 3.20. The van der Waals surface area contributed by atoms with Gasteiger partial charge in [-0.25, -0.2) is 0 Å². The zero-order valence-electron chi connectivity index (χ0n) is 20.5. The maximum Gasteiger partial charge on any atom is 0.239 e. The van der Waals surface area contributed by atoms with Gasteiger partial charge < -0.3 is 16.4 Å². The largest absolute Gasteiger partial charge is 0.399 e. The Morgan fingerprint density at radius 2 is 1.44 bits per heavy atom. The minimum absolute atomic E-state index is 0.00558. The summed E-state index contributed by atoms with van der Waals surface area (Å²) >= 11 is 24.4. The van der Waals surface area contributed by atoms with Crippen molar-refractivity contribution in [1.82, 2.24) is 10.3 Å². The second kappa shape index (κ2) is 12.2. The fraction of sp³-hybridized carbons (Fsp3) is 0.143. The van der Waals surface area contributed by atoms with Crippen molar-refractivity contribution in [2.45, 2.75) is 12.8 Å². The number of nitrogens with zero attached hydrogens (tertiary/aromatic N) is 1.